The minimum atomic E-state index is -0.343. The van der Waals surface area contributed by atoms with Crippen molar-refractivity contribution in [2.24, 2.45) is 0 Å². The van der Waals surface area contributed by atoms with Crippen molar-refractivity contribution in [1.82, 2.24) is 14.6 Å². The Morgan fingerprint density at radius 2 is 2.00 bits per heavy atom. The number of nitrogens with two attached hydrogens (primary N) is 1. The highest BCUT2D eigenvalue weighted by Gasteiger charge is 2.15. The van der Waals surface area contributed by atoms with Crippen LogP contribution in [0.5, 0.6) is 0 Å². The van der Waals surface area contributed by atoms with E-state index in [-0.39, 0.29) is 5.82 Å². The van der Waals surface area contributed by atoms with Gasteiger partial charge in [0.15, 0.2) is 5.65 Å². The summed E-state index contributed by atoms with van der Waals surface area (Å²) in [6.07, 6.45) is 1.76. The molecular weight excluding hydrogens is 231 g/mol. The molecule has 0 aliphatic rings. The number of halogens is 1. The summed E-state index contributed by atoms with van der Waals surface area (Å²) < 4.78 is 15.3. The van der Waals surface area contributed by atoms with Crippen molar-refractivity contribution in [3.63, 3.8) is 0 Å². The van der Waals surface area contributed by atoms with Crippen LogP contribution in [0.4, 0.5) is 10.1 Å². The maximum absolute atomic E-state index is 13.7. The van der Waals surface area contributed by atoms with Gasteiger partial charge in [0, 0.05) is 17.5 Å². The maximum Gasteiger partial charge on any atom is 0.179 e. The number of hydrogen-bond acceptors (Lipinski definition) is 3. The second kappa shape index (κ2) is 3.80. The molecule has 0 saturated heterocycles. The van der Waals surface area contributed by atoms with E-state index in [1.54, 1.807) is 28.9 Å². The zero-order valence-corrected chi connectivity index (χ0v) is 9.76. The molecule has 0 aliphatic heterocycles. The fourth-order valence-corrected chi connectivity index (χ4v) is 1.89. The van der Waals surface area contributed by atoms with Crippen LogP contribution in [0.15, 0.2) is 36.5 Å². The lowest BCUT2D eigenvalue weighted by molar-refractivity contribution is 0.630. The van der Waals surface area contributed by atoms with Crippen LogP contribution in [0.1, 0.15) is 5.69 Å². The molecule has 2 N–H and O–H groups in total. The van der Waals surface area contributed by atoms with Crippen molar-refractivity contribution in [2.45, 2.75) is 6.92 Å². The third-order valence-electron chi connectivity index (χ3n) is 2.79. The highest BCUT2D eigenvalue weighted by molar-refractivity contribution is 5.83. The van der Waals surface area contributed by atoms with Crippen LogP contribution in [0.3, 0.4) is 0 Å². The zero-order chi connectivity index (χ0) is 12.7. The Kier molecular flexibility index (Phi) is 2.26. The minimum absolute atomic E-state index is 0.343. The van der Waals surface area contributed by atoms with Crippen molar-refractivity contribution >= 4 is 11.3 Å². The number of aryl methyl sites for hydroxylation is 1. The number of nitrogen functional groups attached to an aromatic ring is 1. The molecule has 2 aromatic heterocycles. The van der Waals surface area contributed by atoms with E-state index in [9.17, 15) is 4.39 Å². The zero-order valence-electron chi connectivity index (χ0n) is 9.76. The van der Waals surface area contributed by atoms with E-state index < -0.39 is 0 Å². The van der Waals surface area contributed by atoms with E-state index in [4.69, 9.17) is 5.73 Å². The first-order chi connectivity index (χ1) is 8.66. The second-order valence-electron chi connectivity index (χ2n) is 4.08. The standard InChI is InChI=1S/C13H11FN4/c1-8-6-7-18-13(16-8)11(15)12(17-18)9-4-2-3-5-10(9)14/h2-7H,15H2,1H3. The third kappa shape index (κ3) is 1.52. The molecule has 3 aromatic rings. The minimum Gasteiger partial charge on any atom is -0.394 e. The van der Waals surface area contributed by atoms with Gasteiger partial charge in [0.25, 0.3) is 0 Å². The first-order valence-electron chi connectivity index (χ1n) is 5.53. The number of hydrogen-bond donors (Lipinski definition) is 1. The first kappa shape index (κ1) is 10.7. The van der Waals surface area contributed by atoms with Crippen LogP contribution < -0.4 is 5.73 Å². The van der Waals surface area contributed by atoms with Gasteiger partial charge in [-0.05, 0) is 25.1 Å². The molecule has 1 aromatic carbocycles. The van der Waals surface area contributed by atoms with E-state index in [2.05, 4.69) is 10.1 Å². The Hall–Kier alpha value is -2.43. The van der Waals surface area contributed by atoms with Crippen LogP contribution in [0, 0.1) is 12.7 Å². The molecular formula is C13H11FN4. The molecule has 0 amide bonds. The normalized spacial score (nSPS) is 11.0. The predicted octanol–water partition coefficient (Wildman–Crippen LogP) is 2.43. The van der Waals surface area contributed by atoms with E-state index in [1.807, 2.05) is 13.0 Å². The van der Waals surface area contributed by atoms with Crippen LogP contribution in [0.25, 0.3) is 16.9 Å². The van der Waals surface area contributed by atoms with Gasteiger partial charge in [-0.15, -0.1) is 0 Å². The van der Waals surface area contributed by atoms with Gasteiger partial charge < -0.3 is 5.73 Å². The van der Waals surface area contributed by atoms with Crippen molar-refractivity contribution < 1.29 is 4.39 Å². The molecule has 0 unspecified atom stereocenters. The molecule has 3 rings (SSSR count). The topological polar surface area (TPSA) is 56.2 Å². The largest absolute Gasteiger partial charge is 0.394 e. The predicted molar refractivity (Wildman–Crippen MR) is 67.5 cm³/mol. The molecule has 0 radical (unpaired) electrons. The summed E-state index contributed by atoms with van der Waals surface area (Å²) in [5.74, 6) is -0.343. The number of anilines is 1. The fourth-order valence-electron chi connectivity index (χ4n) is 1.89. The lowest BCUT2D eigenvalue weighted by Crippen LogP contribution is -1.92. The maximum atomic E-state index is 13.7. The number of nitrogens with zero attached hydrogens (tertiary/aromatic N) is 3. The van der Waals surface area contributed by atoms with Crippen LogP contribution in [-0.4, -0.2) is 14.6 Å². The number of fused-ring (bicyclic) bond motifs is 1. The van der Waals surface area contributed by atoms with E-state index in [0.717, 1.165) is 5.69 Å². The first-order valence-corrected chi connectivity index (χ1v) is 5.53. The van der Waals surface area contributed by atoms with Crippen molar-refractivity contribution in [1.29, 1.82) is 0 Å². The summed E-state index contributed by atoms with van der Waals surface area (Å²) in [6, 6.07) is 8.25. The van der Waals surface area contributed by atoms with Gasteiger partial charge in [0.05, 0.1) is 0 Å². The number of rotatable bonds is 1. The average molecular weight is 242 g/mol. The van der Waals surface area contributed by atoms with Gasteiger partial charge in [0.2, 0.25) is 0 Å². The quantitative estimate of drug-likeness (QED) is 0.713. The van der Waals surface area contributed by atoms with Crippen molar-refractivity contribution in [3.05, 3.63) is 48.0 Å². The van der Waals surface area contributed by atoms with Gasteiger partial charge >= 0.3 is 0 Å². The van der Waals surface area contributed by atoms with Crippen molar-refractivity contribution in [3.8, 4) is 11.3 Å². The second-order valence-corrected chi connectivity index (χ2v) is 4.08. The summed E-state index contributed by atoms with van der Waals surface area (Å²) in [5.41, 5.74) is 8.59. The molecule has 0 bridgehead atoms. The molecule has 0 fully saturated rings. The Bertz CT molecular complexity index is 733. The molecule has 4 nitrogen and oxygen atoms in total. The summed E-state index contributed by atoms with van der Waals surface area (Å²) in [7, 11) is 0. The Morgan fingerprint density at radius 3 is 2.78 bits per heavy atom. The molecule has 90 valence electrons. The lowest BCUT2D eigenvalue weighted by atomic mass is 10.1. The van der Waals surface area contributed by atoms with E-state index in [0.29, 0.717) is 22.6 Å². The van der Waals surface area contributed by atoms with Crippen molar-refractivity contribution in [2.75, 3.05) is 5.73 Å². The molecule has 18 heavy (non-hydrogen) atoms. The Balaban J connectivity index is 2.31. The molecule has 0 aliphatic carbocycles. The van der Waals surface area contributed by atoms with Gasteiger partial charge in [-0.2, -0.15) is 5.10 Å². The SMILES string of the molecule is Cc1ccn2nc(-c3ccccc3F)c(N)c2n1. The van der Waals surface area contributed by atoms with Crippen LogP contribution in [-0.2, 0) is 0 Å². The van der Waals surface area contributed by atoms with E-state index >= 15 is 0 Å². The smallest absolute Gasteiger partial charge is 0.179 e. The van der Waals surface area contributed by atoms with Gasteiger partial charge in [0.1, 0.15) is 17.2 Å². The molecule has 2 heterocycles. The third-order valence-corrected chi connectivity index (χ3v) is 2.79. The monoisotopic (exact) mass is 242 g/mol. The van der Waals surface area contributed by atoms with E-state index in [1.165, 1.54) is 6.07 Å². The summed E-state index contributed by atoms with van der Waals surface area (Å²) in [4.78, 5) is 4.30. The van der Waals surface area contributed by atoms with Crippen LogP contribution in [0.2, 0.25) is 0 Å². The summed E-state index contributed by atoms with van der Waals surface area (Å²) in [6.45, 7) is 1.87. The van der Waals surface area contributed by atoms with Gasteiger partial charge in [-0.3, -0.25) is 0 Å². The fraction of sp³-hybridized carbons (Fsp3) is 0.0769. The molecule has 0 spiro atoms. The molecule has 0 saturated carbocycles. The highest BCUT2D eigenvalue weighted by Crippen LogP contribution is 2.29. The highest BCUT2D eigenvalue weighted by atomic mass is 19.1. The molecule has 5 heteroatoms. The van der Waals surface area contributed by atoms with Gasteiger partial charge in [-0.1, -0.05) is 12.1 Å². The lowest BCUT2D eigenvalue weighted by Gasteiger charge is -1.99. The Morgan fingerprint density at radius 1 is 1.22 bits per heavy atom. The summed E-state index contributed by atoms with van der Waals surface area (Å²) in [5, 5.41) is 4.27. The Labute approximate surface area is 103 Å². The average Bonchev–Trinajstić information content (AvgIpc) is 2.68. The number of aromatic nitrogens is 3. The number of benzene rings is 1. The molecule has 0 atom stereocenters. The van der Waals surface area contributed by atoms with Gasteiger partial charge in [-0.25, -0.2) is 13.9 Å². The summed E-state index contributed by atoms with van der Waals surface area (Å²) >= 11 is 0. The van der Waals surface area contributed by atoms with Crippen LogP contribution >= 0.6 is 0 Å².